The molecular weight excluding hydrogens is 893 g/mol. The highest BCUT2D eigenvalue weighted by Crippen LogP contribution is 2.44. The highest BCUT2D eigenvalue weighted by molar-refractivity contribution is 6.27. The van der Waals surface area contributed by atoms with Crippen LogP contribution < -0.4 is 9.80 Å². The molecule has 14 rings (SSSR count). The van der Waals surface area contributed by atoms with Crippen LogP contribution in [0, 0.1) is 0 Å². The molecule has 0 saturated heterocycles. The Morgan fingerprint density at radius 2 is 0.338 bits per heavy atom. The van der Waals surface area contributed by atoms with Crippen LogP contribution in [0.5, 0.6) is 0 Å². The van der Waals surface area contributed by atoms with E-state index in [2.05, 4.69) is 301 Å². The van der Waals surface area contributed by atoms with Crippen molar-refractivity contribution in [3.05, 3.63) is 291 Å². The summed E-state index contributed by atoms with van der Waals surface area (Å²) in [5.41, 5.74) is 13.7. The van der Waals surface area contributed by atoms with Crippen LogP contribution in [0.1, 0.15) is 0 Å². The zero-order chi connectivity index (χ0) is 49.0. The predicted octanol–water partition coefficient (Wildman–Crippen LogP) is 20.5. The van der Waals surface area contributed by atoms with Gasteiger partial charge in [0.1, 0.15) is 0 Å². The lowest BCUT2D eigenvalue weighted by molar-refractivity contribution is 1.28. The van der Waals surface area contributed by atoms with Crippen molar-refractivity contribution in [3.63, 3.8) is 0 Å². The molecule has 0 saturated carbocycles. The lowest BCUT2D eigenvalue weighted by Crippen LogP contribution is -2.10. The van der Waals surface area contributed by atoms with Crippen LogP contribution in [0.15, 0.2) is 291 Å². The number of benzene rings is 14. The van der Waals surface area contributed by atoms with E-state index in [1.54, 1.807) is 0 Å². The van der Waals surface area contributed by atoms with Crippen molar-refractivity contribution < 1.29 is 0 Å². The second kappa shape index (κ2) is 18.1. The highest BCUT2D eigenvalue weighted by Gasteiger charge is 2.19. The van der Waals surface area contributed by atoms with Gasteiger partial charge in [0.25, 0.3) is 0 Å². The standard InChI is InChI=1S/C72H48N2/c1-3-15-49(16-4-1)50-27-29-51(30-28-50)52-31-39-57(40-32-52)74(60-44-46-70-66-24-10-8-20-62(66)64-22-12-14-26-68(64)72(70)48-60)58-41-35-54(36-42-58)53-33-37-56(38-34-53)73(55-17-5-2-6-18-55)59-43-45-69-65-23-9-7-19-61(65)63-21-11-13-25-67(63)71(69)47-59/h1-48H. The van der Waals surface area contributed by atoms with Gasteiger partial charge in [-0.05, 0) is 171 Å². The molecule has 0 fully saturated rings. The summed E-state index contributed by atoms with van der Waals surface area (Å²) in [6, 6.07) is 106. The van der Waals surface area contributed by atoms with Gasteiger partial charge < -0.3 is 9.80 Å². The average molecular weight is 941 g/mol. The van der Waals surface area contributed by atoms with Crippen LogP contribution in [-0.4, -0.2) is 0 Å². The molecule has 0 aliphatic heterocycles. The molecule has 14 aromatic rings. The van der Waals surface area contributed by atoms with Crippen molar-refractivity contribution in [2.24, 2.45) is 0 Å². The van der Waals surface area contributed by atoms with Gasteiger partial charge in [-0.1, -0.05) is 218 Å². The Kier molecular flexibility index (Phi) is 10.6. The molecule has 0 bridgehead atoms. The van der Waals surface area contributed by atoms with E-state index in [0.717, 1.165) is 45.3 Å². The summed E-state index contributed by atoms with van der Waals surface area (Å²) in [6.45, 7) is 0. The number of para-hydroxylation sites is 1. The second-order valence-electron chi connectivity index (χ2n) is 19.2. The molecule has 74 heavy (non-hydrogen) atoms. The third-order valence-corrected chi connectivity index (χ3v) is 15.0. The Labute approximate surface area is 430 Å². The van der Waals surface area contributed by atoms with Crippen molar-refractivity contribution in [3.8, 4) is 33.4 Å². The summed E-state index contributed by atoms with van der Waals surface area (Å²) >= 11 is 0. The zero-order valence-electron chi connectivity index (χ0n) is 40.6. The molecule has 0 spiro atoms. The molecule has 0 heterocycles. The molecule has 0 aromatic heterocycles. The summed E-state index contributed by atoms with van der Waals surface area (Å²) in [5.74, 6) is 0. The van der Waals surface area contributed by atoms with E-state index in [1.165, 1.54) is 86.9 Å². The van der Waals surface area contributed by atoms with E-state index in [-0.39, 0.29) is 0 Å². The van der Waals surface area contributed by atoms with Gasteiger partial charge >= 0.3 is 0 Å². The Bertz CT molecular complexity index is 4300. The molecular formula is C72H48N2. The van der Waals surface area contributed by atoms with Crippen LogP contribution in [-0.2, 0) is 0 Å². The third kappa shape index (κ3) is 7.52. The first-order valence-electron chi connectivity index (χ1n) is 25.5. The molecule has 0 N–H and O–H groups in total. The summed E-state index contributed by atoms with van der Waals surface area (Å²) in [4.78, 5) is 4.76. The fraction of sp³-hybridized carbons (Fsp3) is 0. The first-order chi connectivity index (χ1) is 36.7. The van der Waals surface area contributed by atoms with Crippen LogP contribution in [0.4, 0.5) is 34.1 Å². The Morgan fingerprint density at radius 1 is 0.135 bits per heavy atom. The number of nitrogens with zero attached hydrogens (tertiary/aromatic N) is 2. The largest absolute Gasteiger partial charge is 0.310 e. The topological polar surface area (TPSA) is 6.48 Å². The van der Waals surface area contributed by atoms with Crippen LogP contribution in [0.25, 0.3) is 98.0 Å². The quantitative estimate of drug-likeness (QED) is 0.133. The summed E-state index contributed by atoms with van der Waals surface area (Å²) in [6.07, 6.45) is 0. The van der Waals surface area contributed by atoms with E-state index >= 15 is 0 Å². The van der Waals surface area contributed by atoms with E-state index in [4.69, 9.17) is 0 Å². The van der Waals surface area contributed by atoms with Crippen LogP contribution in [0.3, 0.4) is 0 Å². The molecule has 14 aromatic carbocycles. The molecule has 0 radical (unpaired) electrons. The van der Waals surface area contributed by atoms with Gasteiger partial charge in [0.15, 0.2) is 0 Å². The predicted molar refractivity (Wildman–Crippen MR) is 317 cm³/mol. The maximum atomic E-state index is 2.39. The SMILES string of the molecule is c1ccc(-c2ccc(-c3ccc(N(c4ccc(-c5ccc(N(c6ccccc6)c6ccc7c8ccccc8c8ccccc8c7c6)cc5)cc4)c4ccc5c6ccccc6c6ccccc6c5c4)cc3)cc2)cc1. The molecule has 2 nitrogen and oxygen atoms in total. The first kappa shape index (κ1) is 43.1. The monoisotopic (exact) mass is 940 g/mol. The summed E-state index contributed by atoms with van der Waals surface area (Å²) in [7, 11) is 0. The van der Waals surface area contributed by atoms with Crippen molar-refractivity contribution in [1.29, 1.82) is 0 Å². The van der Waals surface area contributed by atoms with Crippen LogP contribution >= 0.6 is 0 Å². The maximum absolute atomic E-state index is 2.39. The molecule has 0 atom stereocenters. The summed E-state index contributed by atoms with van der Waals surface area (Å²) < 4.78 is 0. The minimum Gasteiger partial charge on any atom is -0.310 e. The lowest BCUT2D eigenvalue weighted by atomic mass is 9.94. The van der Waals surface area contributed by atoms with Crippen molar-refractivity contribution >= 4 is 98.8 Å². The minimum atomic E-state index is 1.08. The maximum Gasteiger partial charge on any atom is 0.0468 e. The highest BCUT2D eigenvalue weighted by atomic mass is 15.1. The van der Waals surface area contributed by atoms with Gasteiger partial charge in [-0.2, -0.15) is 0 Å². The normalized spacial score (nSPS) is 11.5. The molecule has 0 unspecified atom stereocenters. The van der Waals surface area contributed by atoms with Crippen molar-refractivity contribution in [1.82, 2.24) is 0 Å². The Hall–Kier alpha value is -9.76. The molecule has 2 heteroatoms. The first-order valence-corrected chi connectivity index (χ1v) is 25.5. The van der Waals surface area contributed by atoms with Gasteiger partial charge in [0, 0.05) is 34.1 Å². The minimum absolute atomic E-state index is 1.08. The number of hydrogen-bond acceptors (Lipinski definition) is 2. The fourth-order valence-corrected chi connectivity index (χ4v) is 11.4. The Morgan fingerprint density at radius 3 is 0.649 bits per heavy atom. The van der Waals surface area contributed by atoms with Gasteiger partial charge in [-0.15, -0.1) is 0 Å². The number of rotatable bonds is 9. The molecule has 346 valence electrons. The molecule has 0 aliphatic carbocycles. The fourth-order valence-electron chi connectivity index (χ4n) is 11.4. The van der Waals surface area contributed by atoms with E-state index in [9.17, 15) is 0 Å². The van der Waals surface area contributed by atoms with Crippen molar-refractivity contribution in [2.75, 3.05) is 9.80 Å². The van der Waals surface area contributed by atoms with Crippen LogP contribution in [0.2, 0.25) is 0 Å². The number of hydrogen-bond donors (Lipinski definition) is 0. The van der Waals surface area contributed by atoms with E-state index in [0.29, 0.717) is 0 Å². The lowest BCUT2D eigenvalue weighted by Gasteiger charge is -2.27. The second-order valence-corrected chi connectivity index (χ2v) is 19.2. The molecule has 0 amide bonds. The van der Waals surface area contributed by atoms with Gasteiger partial charge in [-0.3, -0.25) is 0 Å². The van der Waals surface area contributed by atoms with E-state index < -0.39 is 0 Å². The average Bonchev–Trinajstić information content (AvgIpc) is 3.50. The van der Waals surface area contributed by atoms with Gasteiger partial charge in [0.05, 0.1) is 0 Å². The smallest absolute Gasteiger partial charge is 0.0468 e. The Balaban J connectivity index is 0.834. The zero-order valence-corrected chi connectivity index (χ0v) is 40.6. The number of anilines is 6. The third-order valence-electron chi connectivity index (χ3n) is 15.0. The summed E-state index contributed by atoms with van der Waals surface area (Å²) in [5, 5.41) is 15.2. The van der Waals surface area contributed by atoms with Crippen molar-refractivity contribution in [2.45, 2.75) is 0 Å². The van der Waals surface area contributed by atoms with E-state index in [1.807, 2.05) is 0 Å². The molecule has 0 aliphatic rings. The van der Waals surface area contributed by atoms with Gasteiger partial charge in [-0.25, -0.2) is 0 Å². The number of fused-ring (bicyclic) bond motifs is 12. The van der Waals surface area contributed by atoms with Gasteiger partial charge in [0.2, 0.25) is 0 Å².